The molecule has 0 radical (unpaired) electrons. The van der Waals surface area contributed by atoms with Crippen molar-refractivity contribution in [2.24, 2.45) is 0 Å². The second kappa shape index (κ2) is 7.66. The Labute approximate surface area is 165 Å². The lowest BCUT2D eigenvalue weighted by molar-refractivity contribution is 0.0969. The van der Waals surface area contributed by atoms with Crippen LogP contribution in [-0.4, -0.2) is 21.1 Å². The van der Waals surface area contributed by atoms with Crippen LogP contribution in [0.1, 0.15) is 26.7 Å². The minimum Gasteiger partial charge on any atom is -0.465 e. The highest BCUT2D eigenvalue weighted by atomic mass is 35.5. The van der Waals surface area contributed by atoms with Crippen LogP contribution in [0, 0.1) is 0 Å². The minimum absolute atomic E-state index is 0.00217. The molecule has 0 unspecified atom stereocenters. The van der Waals surface area contributed by atoms with Crippen LogP contribution < -0.4 is 0 Å². The number of carbonyl (C=O) groups excluding carboxylic acids is 2. The van der Waals surface area contributed by atoms with Crippen LogP contribution in [0.15, 0.2) is 77.4 Å². The average molecular weight is 391 g/mol. The number of aromatic nitrogens is 2. The van der Waals surface area contributed by atoms with Crippen molar-refractivity contribution in [1.82, 2.24) is 9.55 Å². The minimum atomic E-state index is -0.309. The van der Waals surface area contributed by atoms with Gasteiger partial charge in [-0.3, -0.25) is 9.59 Å². The van der Waals surface area contributed by atoms with Crippen molar-refractivity contribution in [2.45, 2.75) is 6.54 Å². The molecule has 2 heterocycles. The Morgan fingerprint density at radius 3 is 2.57 bits per heavy atom. The number of para-hydroxylation sites is 2. The number of nitrogens with zero attached hydrogens (tertiary/aromatic N) is 2. The molecule has 0 bridgehead atoms. The zero-order chi connectivity index (χ0) is 19.5. The Balaban J connectivity index is 1.69. The summed E-state index contributed by atoms with van der Waals surface area (Å²) in [6.07, 6.45) is 4.50. The first-order valence-corrected chi connectivity index (χ1v) is 8.99. The third-order valence-corrected chi connectivity index (χ3v) is 4.54. The van der Waals surface area contributed by atoms with Gasteiger partial charge in [0.2, 0.25) is 5.78 Å². The van der Waals surface area contributed by atoms with Crippen molar-refractivity contribution in [2.75, 3.05) is 0 Å². The van der Waals surface area contributed by atoms with Gasteiger partial charge in [0.05, 0.1) is 23.8 Å². The summed E-state index contributed by atoms with van der Waals surface area (Å²) in [5, 5.41) is 0.559. The molecule has 4 rings (SSSR count). The molecule has 0 aliphatic heterocycles. The molecule has 0 N–H and O–H groups in total. The van der Waals surface area contributed by atoms with Crippen LogP contribution in [0.25, 0.3) is 17.1 Å². The fourth-order valence-electron chi connectivity index (χ4n) is 2.91. The number of hydrogen-bond acceptors (Lipinski definition) is 4. The smallest absolute Gasteiger partial charge is 0.221 e. The number of ketones is 2. The largest absolute Gasteiger partial charge is 0.465 e. The predicted molar refractivity (Wildman–Crippen MR) is 108 cm³/mol. The van der Waals surface area contributed by atoms with Gasteiger partial charge in [-0.25, -0.2) is 4.98 Å². The highest BCUT2D eigenvalue weighted by Crippen LogP contribution is 2.19. The lowest BCUT2D eigenvalue weighted by Gasteiger charge is -2.07. The van der Waals surface area contributed by atoms with Crippen LogP contribution in [0.3, 0.4) is 0 Å². The van der Waals surface area contributed by atoms with Gasteiger partial charge >= 0.3 is 0 Å². The first-order valence-electron chi connectivity index (χ1n) is 8.62. The number of allylic oxidation sites excluding steroid dienone is 1. The van der Waals surface area contributed by atoms with Crippen molar-refractivity contribution in [1.29, 1.82) is 0 Å². The van der Waals surface area contributed by atoms with Gasteiger partial charge in [-0.15, -0.1) is 0 Å². The van der Waals surface area contributed by atoms with Gasteiger partial charge in [-0.05, 0) is 60.7 Å². The summed E-state index contributed by atoms with van der Waals surface area (Å²) >= 11 is 5.89. The summed E-state index contributed by atoms with van der Waals surface area (Å²) in [7, 11) is 0. The Hall–Kier alpha value is -3.44. The standard InChI is InChI=1S/C22H15ClN2O3/c23-16-9-7-15(8-10-16)21(27)14-25-19-6-2-1-5-18(19)24-22(25)20(26)12-11-17-4-3-13-28-17/h1-13H,14H2/b12-11+. The van der Waals surface area contributed by atoms with Crippen molar-refractivity contribution in [3.63, 3.8) is 0 Å². The summed E-state index contributed by atoms with van der Waals surface area (Å²) in [5.41, 5.74) is 1.90. The maximum atomic E-state index is 12.8. The first-order chi connectivity index (χ1) is 13.6. The maximum absolute atomic E-state index is 12.8. The topological polar surface area (TPSA) is 65.1 Å². The zero-order valence-corrected chi connectivity index (χ0v) is 15.5. The molecule has 2 aromatic carbocycles. The second-order valence-corrected chi connectivity index (χ2v) is 6.59. The predicted octanol–water partition coefficient (Wildman–Crippen LogP) is 5.06. The van der Waals surface area contributed by atoms with Crippen LogP contribution in [0.2, 0.25) is 5.02 Å². The highest BCUT2D eigenvalue weighted by molar-refractivity contribution is 6.30. The maximum Gasteiger partial charge on any atom is 0.221 e. The van der Waals surface area contributed by atoms with Gasteiger partial charge in [-0.1, -0.05) is 23.7 Å². The third-order valence-electron chi connectivity index (χ3n) is 4.29. The highest BCUT2D eigenvalue weighted by Gasteiger charge is 2.18. The molecular weight excluding hydrogens is 376 g/mol. The molecule has 138 valence electrons. The van der Waals surface area contributed by atoms with Crippen LogP contribution in [0.5, 0.6) is 0 Å². The quantitative estimate of drug-likeness (QED) is 0.341. The van der Waals surface area contributed by atoms with Crippen molar-refractivity contribution >= 4 is 40.3 Å². The summed E-state index contributed by atoms with van der Waals surface area (Å²) in [4.78, 5) is 29.9. The number of imidazole rings is 1. The van der Waals surface area contributed by atoms with E-state index in [4.69, 9.17) is 16.0 Å². The number of carbonyl (C=O) groups is 2. The Morgan fingerprint density at radius 1 is 1.04 bits per heavy atom. The zero-order valence-electron chi connectivity index (χ0n) is 14.7. The normalized spacial score (nSPS) is 11.3. The third kappa shape index (κ3) is 3.66. The van der Waals surface area contributed by atoms with Crippen molar-refractivity contribution in [3.8, 4) is 0 Å². The molecule has 0 atom stereocenters. The lowest BCUT2D eigenvalue weighted by atomic mass is 10.1. The number of halogens is 1. The Bertz CT molecular complexity index is 1170. The molecule has 4 aromatic rings. The van der Waals surface area contributed by atoms with Crippen LogP contribution in [-0.2, 0) is 6.54 Å². The first kappa shape index (κ1) is 17.9. The van der Waals surface area contributed by atoms with E-state index >= 15 is 0 Å². The summed E-state index contributed by atoms with van der Waals surface area (Å²) in [6.45, 7) is -0.00217. The van der Waals surface area contributed by atoms with Gasteiger partial charge in [0.25, 0.3) is 0 Å². The lowest BCUT2D eigenvalue weighted by Crippen LogP contribution is -2.15. The molecule has 6 heteroatoms. The average Bonchev–Trinajstić information content (AvgIpc) is 3.35. The van der Waals surface area contributed by atoms with Gasteiger partial charge in [0.15, 0.2) is 11.6 Å². The Kier molecular flexibility index (Phi) is 4.91. The van der Waals surface area contributed by atoms with E-state index in [-0.39, 0.29) is 23.9 Å². The number of rotatable bonds is 6. The van der Waals surface area contributed by atoms with Gasteiger partial charge in [-0.2, -0.15) is 0 Å². The van der Waals surface area contributed by atoms with E-state index in [1.807, 2.05) is 24.3 Å². The summed E-state index contributed by atoms with van der Waals surface area (Å²) < 4.78 is 6.85. The Morgan fingerprint density at radius 2 is 1.82 bits per heavy atom. The van der Waals surface area contributed by atoms with E-state index < -0.39 is 0 Å². The monoisotopic (exact) mass is 390 g/mol. The fraction of sp³-hybridized carbons (Fsp3) is 0.0455. The summed E-state index contributed by atoms with van der Waals surface area (Å²) in [5.74, 6) is 0.319. The van der Waals surface area contributed by atoms with E-state index in [0.29, 0.717) is 21.9 Å². The molecule has 0 aliphatic carbocycles. The van der Waals surface area contributed by atoms with Crippen molar-refractivity contribution in [3.05, 3.63) is 95.2 Å². The van der Waals surface area contributed by atoms with E-state index in [1.54, 1.807) is 47.0 Å². The van der Waals surface area contributed by atoms with E-state index in [0.717, 1.165) is 5.52 Å². The molecule has 0 aliphatic rings. The van der Waals surface area contributed by atoms with E-state index in [1.165, 1.54) is 12.3 Å². The number of benzene rings is 2. The molecular formula is C22H15ClN2O3. The second-order valence-electron chi connectivity index (χ2n) is 6.15. The SMILES string of the molecule is O=C(Cn1c(C(=O)/C=C/c2ccco2)nc2ccccc21)c1ccc(Cl)cc1. The van der Waals surface area contributed by atoms with E-state index in [9.17, 15) is 9.59 Å². The number of furan rings is 1. The number of Topliss-reactive ketones (excluding diaryl/α,β-unsaturated/α-hetero) is 1. The van der Waals surface area contributed by atoms with Crippen LogP contribution in [0.4, 0.5) is 0 Å². The van der Waals surface area contributed by atoms with Crippen LogP contribution >= 0.6 is 11.6 Å². The van der Waals surface area contributed by atoms with Gasteiger partial charge in [0, 0.05) is 10.6 Å². The molecule has 0 saturated carbocycles. The molecule has 0 fully saturated rings. The molecule has 0 amide bonds. The number of hydrogen-bond donors (Lipinski definition) is 0. The molecule has 5 nitrogen and oxygen atoms in total. The number of fused-ring (bicyclic) bond motifs is 1. The van der Waals surface area contributed by atoms with Gasteiger partial charge < -0.3 is 8.98 Å². The molecule has 0 saturated heterocycles. The molecule has 28 heavy (non-hydrogen) atoms. The van der Waals surface area contributed by atoms with Gasteiger partial charge in [0.1, 0.15) is 5.76 Å². The fourth-order valence-corrected chi connectivity index (χ4v) is 3.04. The van der Waals surface area contributed by atoms with E-state index in [2.05, 4.69) is 4.98 Å². The van der Waals surface area contributed by atoms with Crippen molar-refractivity contribution < 1.29 is 14.0 Å². The molecule has 2 aromatic heterocycles. The molecule has 0 spiro atoms. The summed E-state index contributed by atoms with van der Waals surface area (Å²) in [6, 6.07) is 17.5.